The van der Waals surface area contributed by atoms with Crippen molar-refractivity contribution in [1.82, 2.24) is 0 Å². The van der Waals surface area contributed by atoms with Crippen LogP contribution >= 0.6 is 11.6 Å². The van der Waals surface area contributed by atoms with Crippen molar-refractivity contribution in [3.8, 4) is 11.1 Å². The molecule has 0 amide bonds. The Balaban J connectivity index is 2.17. The third-order valence-corrected chi connectivity index (χ3v) is 3.17. The molecule has 2 rings (SSSR count). The summed E-state index contributed by atoms with van der Waals surface area (Å²) in [5.41, 5.74) is 2.52. The number of aliphatic hydroxyl groups excluding tert-OH is 1. The Morgan fingerprint density at radius 1 is 1.10 bits per heavy atom. The van der Waals surface area contributed by atoms with Gasteiger partial charge in [-0.15, -0.1) is 0 Å². The molecular weight excluding hydrogens is 276 g/mol. The lowest BCUT2D eigenvalue weighted by molar-refractivity contribution is -0.153. The fourth-order valence-electron chi connectivity index (χ4n) is 1.86. The lowest BCUT2D eigenvalue weighted by Crippen LogP contribution is -2.15. The molecule has 0 aliphatic rings. The number of carbonyl (C=O) groups is 1. The summed E-state index contributed by atoms with van der Waals surface area (Å²) < 4.78 is 4.78. The van der Waals surface area contributed by atoms with Gasteiger partial charge in [0, 0.05) is 5.02 Å². The van der Waals surface area contributed by atoms with Crippen molar-refractivity contribution in [2.24, 2.45) is 0 Å². The molecule has 0 bridgehead atoms. The molecule has 2 aromatic rings. The summed E-state index contributed by atoms with van der Waals surface area (Å²) in [6.07, 6.45) is -1.24. The Kier molecular flexibility index (Phi) is 4.77. The minimum absolute atomic E-state index is 0.249. The van der Waals surface area contributed by atoms with Gasteiger partial charge in [0.05, 0.1) is 6.61 Å². The maximum Gasteiger partial charge on any atom is 0.339 e. The minimum atomic E-state index is -1.24. The van der Waals surface area contributed by atoms with E-state index in [9.17, 15) is 9.90 Å². The minimum Gasteiger partial charge on any atom is -0.464 e. The Bertz CT molecular complexity index is 576. The van der Waals surface area contributed by atoms with Crippen LogP contribution in [0.4, 0.5) is 0 Å². The fourth-order valence-corrected chi connectivity index (χ4v) is 1.98. The predicted molar refractivity (Wildman–Crippen MR) is 78.5 cm³/mol. The number of ether oxygens (including phenoxy) is 1. The molecule has 0 aromatic heterocycles. The summed E-state index contributed by atoms with van der Waals surface area (Å²) in [5, 5.41) is 10.5. The average molecular weight is 291 g/mol. The van der Waals surface area contributed by atoms with E-state index in [1.807, 2.05) is 36.4 Å². The van der Waals surface area contributed by atoms with Crippen LogP contribution in [0.2, 0.25) is 5.02 Å². The van der Waals surface area contributed by atoms with Crippen LogP contribution in [-0.2, 0) is 9.53 Å². The van der Waals surface area contributed by atoms with E-state index >= 15 is 0 Å². The molecule has 2 aromatic carbocycles. The van der Waals surface area contributed by atoms with Crippen LogP contribution < -0.4 is 0 Å². The van der Waals surface area contributed by atoms with Crippen molar-refractivity contribution in [3.63, 3.8) is 0 Å². The summed E-state index contributed by atoms with van der Waals surface area (Å²) >= 11 is 5.85. The summed E-state index contributed by atoms with van der Waals surface area (Å²) in [6, 6.07) is 14.6. The maximum atomic E-state index is 11.4. The van der Waals surface area contributed by atoms with E-state index in [0.717, 1.165) is 11.1 Å². The van der Waals surface area contributed by atoms with E-state index < -0.39 is 12.1 Å². The van der Waals surface area contributed by atoms with E-state index in [4.69, 9.17) is 16.3 Å². The van der Waals surface area contributed by atoms with Crippen molar-refractivity contribution < 1.29 is 14.6 Å². The third-order valence-electron chi connectivity index (χ3n) is 2.91. The molecule has 0 radical (unpaired) electrons. The number of benzene rings is 2. The highest BCUT2D eigenvalue weighted by Gasteiger charge is 2.18. The molecule has 0 spiro atoms. The zero-order chi connectivity index (χ0) is 14.5. The Morgan fingerprint density at radius 2 is 1.60 bits per heavy atom. The first kappa shape index (κ1) is 14.6. The van der Waals surface area contributed by atoms with Crippen LogP contribution in [0.1, 0.15) is 18.6 Å². The summed E-state index contributed by atoms with van der Waals surface area (Å²) in [7, 11) is 0. The standard InChI is InChI=1S/C16H15ClO3/c1-2-20-16(19)15(18)13-5-3-11(4-6-13)12-7-9-14(17)10-8-12/h3-10,15,18H,2H2,1H3. The van der Waals surface area contributed by atoms with Crippen molar-refractivity contribution in [3.05, 3.63) is 59.1 Å². The number of rotatable bonds is 4. The van der Waals surface area contributed by atoms with Gasteiger partial charge in [-0.2, -0.15) is 0 Å². The van der Waals surface area contributed by atoms with Crippen molar-refractivity contribution in [1.29, 1.82) is 0 Å². The fraction of sp³-hybridized carbons (Fsp3) is 0.188. The summed E-state index contributed by atoms with van der Waals surface area (Å²) in [5.74, 6) is -0.633. The zero-order valence-electron chi connectivity index (χ0n) is 11.0. The van der Waals surface area contributed by atoms with Gasteiger partial charge >= 0.3 is 5.97 Å². The first-order valence-electron chi connectivity index (χ1n) is 6.32. The monoisotopic (exact) mass is 290 g/mol. The normalized spacial score (nSPS) is 11.9. The quantitative estimate of drug-likeness (QED) is 0.875. The molecule has 0 aliphatic heterocycles. The number of aliphatic hydroxyl groups is 1. The second-order valence-corrected chi connectivity index (χ2v) is 4.72. The molecule has 104 valence electrons. The molecule has 0 fully saturated rings. The molecule has 3 nitrogen and oxygen atoms in total. The van der Waals surface area contributed by atoms with E-state index in [1.165, 1.54) is 0 Å². The van der Waals surface area contributed by atoms with Gasteiger partial charge in [-0.05, 0) is 35.7 Å². The number of carbonyl (C=O) groups excluding carboxylic acids is 1. The van der Waals surface area contributed by atoms with Crippen LogP contribution in [-0.4, -0.2) is 17.7 Å². The Hall–Kier alpha value is -1.84. The molecule has 0 heterocycles. The molecule has 0 aliphatic carbocycles. The van der Waals surface area contributed by atoms with Gasteiger partial charge < -0.3 is 9.84 Å². The largest absolute Gasteiger partial charge is 0.464 e. The first-order chi connectivity index (χ1) is 9.61. The number of hydrogen-bond acceptors (Lipinski definition) is 3. The topological polar surface area (TPSA) is 46.5 Å². The SMILES string of the molecule is CCOC(=O)C(O)c1ccc(-c2ccc(Cl)cc2)cc1. The average Bonchev–Trinajstić information content (AvgIpc) is 2.48. The maximum absolute atomic E-state index is 11.4. The second kappa shape index (κ2) is 6.55. The van der Waals surface area contributed by atoms with Crippen molar-refractivity contribution in [2.45, 2.75) is 13.0 Å². The van der Waals surface area contributed by atoms with Gasteiger partial charge in [0.2, 0.25) is 0 Å². The molecule has 0 saturated heterocycles. The molecule has 4 heteroatoms. The van der Waals surface area contributed by atoms with Gasteiger partial charge in [-0.25, -0.2) is 4.79 Å². The number of hydrogen-bond donors (Lipinski definition) is 1. The first-order valence-corrected chi connectivity index (χ1v) is 6.70. The van der Waals surface area contributed by atoms with Crippen LogP contribution in [0, 0.1) is 0 Å². The van der Waals surface area contributed by atoms with Crippen molar-refractivity contribution >= 4 is 17.6 Å². The molecule has 1 atom stereocenters. The third kappa shape index (κ3) is 3.38. The lowest BCUT2D eigenvalue weighted by Gasteiger charge is -2.10. The van der Waals surface area contributed by atoms with Crippen LogP contribution in [0.15, 0.2) is 48.5 Å². The lowest BCUT2D eigenvalue weighted by atomic mass is 10.0. The zero-order valence-corrected chi connectivity index (χ0v) is 11.8. The highest BCUT2D eigenvalue weighted by molar-refractivity contribution is 6.30. The van der Waals surface area contributed by atoms with Gasteiger partial charge in [0.15, 0.2) is 6.10 Å². The number of esters is 1. The Labute approximate surface area is 122 Å². The van der Waals surface area contributed by atoms with Crippen LogP contribution in [0.3, 0.4) is 0 Å². The molecule has 0 saturated carbocycles. The van der Waals surface area contributed by atoms with E-state index in [2.05, 4.69) is 0 Å². The highest BCUT2D eigenvalue weighted by atomic mass is 35.5. The predicted octanol–water partition coefficient (Wildman–Crippen LogP) is 3.60. The Morgan fingerprint density at radius 3 is 2.10 bits per heavy atom. The van der Waals surface area contributed by atoms with Gasteiger partial charge in [-0.1, -0.05) is 48.0 Å². The van der Waals surface area contributed by atoms with Gasteiger partial charge in [0.1, 0.15) is 0 Å². The van der Waals surface area contributed by atoms with Crippen LogP contribution in [0.5, 0.6) is 0 Å². The molecule has 1 N–H and O–H groups in total. The smallest absolute Gasteiger partial charge is 0.339 e. The molecular formula is C16H15ClO3. The van der Waals surface area contributed by atoms with E-state index in [-0.39, 0.29) is 6.61 Å². The van der Waals surface area contributed by atoms with Gasteiger partial charge in [-0.3, -0.25) is 0 Å². The molecule has 1 unspecified atom stereocenters. The highest BCUT2D eigenvalue weighted by Crippen LogP contribution is 2.24. The van der Waals surface area contributed by atoms with E-state index in [0.29, 0.717) is 10.6 Å². The summed E-state index contributed by atoms with van der Waals surface area (Å²) in [4.78, 5) is 11.4. The van der Waals surface area contributed by atoms with Crippen molar-refractivity contribution in [2.75, 3.05) is 6.61 Å². The second-order valence-electron chi connectivity index (χ2n) is 4.28. The number of halogens is 1. The van der Waals surface area contributed by atoms with E-state index in [1.54, 1.807) is 19.1 Å². The molecule has 20 heavy (non-hydrogen) atoms. The van der Waals surface area contributed by atoms with Crippen LogP contribution in [0.25, 0.3) is 11.1 Å². The van der Waals surface area contributed by atoms with Gasteiger partial charge in [0.25, 0.3) is 0 Å². The summed E-state index contributed by atoms with van der Waals surface area (Å²) in [6.45, 7) is 1.95.